The molecule has 0 spiro atoms. The maximum absolute atomic E-state index is 10.7. The lowest BCUT2D eigenvalue weighted by Gasteiger charge is -2.20. The zero-order valence-corrected chi connectivity index (χ0v) is 10.6. The molecule has 0 aromatic heterocycles. The number of ether oxygens (including phenoxy) is 1. The van der Waals surface area contributed by atoms with Crippen LogP contribution in [0.25, 0.3) is 0 Å². The van der Waals surface area contributed by atoms with Crippen molar-refractivity contribution in [2.24, 2.45) is 11.7 Å². The topological polar surface area (TPSA) is 52.3 Å². The van der Waals surface area contributed by atoms with Crippen molar-refractivity contribution in [3.05, 3.63) is 35.9 Å². The van der Waals surface area contributed by atoms with Gasteiger partial charge in [0.05, 0.1) is 12.7 Å². The molecule has 0 radical (unpaired) electrons. The van der Waals surface area contributed by atoms with Crippen molar-refractivity contribution in [2.75, 3.05) is 0 Å². The number of carbonyl (C=O) groups excluding carboxylic acids is 1. The van der Waals surface area contributed by atoms with E-state index < -0.39 is 0 Å². The molecule has 1 aromatic rings. The molecular formula is C14H21NO2. The lowest BCUT2D eigenvalue weighted by atomic mass is 10.00. The van der Waals surface area contributed by atoms with Gasteiger partial charge in [0.25, 0.3) is 0 Å². The highest BCUT2D eigenvalue weighted by atomic mass is 16.5. The van der Waals surface area contributed by atoms with Crippen LogP contribution in [0.2, 0.25) is 0 Å². The summed E-state index contributed by atoms with van der Waals surface area (Å²) in [5.74, 6) is 0.0957. The molecule has 3 nitrogen and oxygen atoms in total. The predicted molar refractivity (Wildman–Crippen MR) is 68.3 cm³/mol. The van der Waals surface area contributed by atoms with Gasteiger partial charge in [0.2, 0.25) is 5.91 Å². The average molecular weight is 235 g/mol. The Kier molecular flexibility index (Phi) is 5.70. The first-order valence-electron chi connectivity index (χ1n) is 6.03. The highest BCUT2D eigenvalue weighted by Crippen LogP contribution is 2.15. The van der Waals surface area contributed by atoms with Gasteiger partial charge in [-0.05, 0) is 24.8 Å². The van der Waals surface area contributed by atoms with Crippen molar-refractivity contribution < 1.29 is 9.53 Å². The summed E-state index contributed by atoms with van der Waals surface area (Å²) < 4.78 is 5.77. The Bertz CT molecular complexity index is 337. The van der Waals surface area contributed by atoms with Crippen molar-refractivity contribution in [1.82, 2.24) is 0 Å². The van der Waals surface area contributed by atoms with Crippen LogP contribution in [-0.4, -0.2) is 12.0 Å². The third kappa shape index (κ3) is 5.50. The quantitative estimate of drug-likeness (QED) is 0.789. The number of hydrogen-bond donors (Lipinski definition) is 1. The Hall–Kier alpha value is -1.35. The molecule has 2 atom stereocenters. The molecule has 0 bridgehead atoms. The van der Waals surface area contributed by atoms with Crippen molar-refractivity contribution in [3.63, 3.8) is 0 Å². The fourth-order valence-electron chi connectivity index (χ4n) is 1.57. The Balaban J connectivity index is 2.29. The Labute approximate surface area is 103 Å². The van der Waals surface area contributed by atoms with Gasteiger partial charge in [0, 0.05) is 6.42 Å². The second kappa shape index (κ2) is 7.07. The zero-order chi connectivity index (χ0) is 12.7. The van der Waals surface area contributed by atoms with Crippen molar-refractivity contribution in [3.8, 4) is 0 Å². The van der Waals surface area contributed by atoms with Crippen LogP contribution in [0.1, 0.15) is 32.3 Å². The summed E-state index contributed by atoms with van der Waals surface area (Å²) in [4.78, 5) is 10.7. The van der Waals surface area contributed by atoms with Gasteiger partial charge in [0.1, 0.15) is 0 Å². The van der Waals surface area contributed by atoms with Crippen LogP contribution in [0.3, 0.4) is 0 Å². The molecule has 0 aliphatic carbocycles. The Morgan fingerprint density at radius 2 is 1.94 bits per heavy atom. The summed E-state index contributed by atoms with van der Waals surface area (Å²) >= 11 is 0. The molecule has 0 saturated carbocycles. The van der Waals surface area contributed by atoms with Crippen LogP contribution in [-0.2, 0) is 16.1 Å². The Morgan fingerprint density at radius 3 is 2.53 bits per heavy atom. The predicted octanol–water partition coefficient (Wildman–Crippen LogP) is 2.49. The molecule has 17 heavy (non-hydrogen) atoms. The molecule has 1 aromatic carbocycles. The molecule has 94 valence electrons. The summed E-state index contributed by atoms with van der Waals surface area (Å²) in [6.07, 6.45) is 1.35. The van der Waals surface area contributed by atoms with Gasteiger partial charge < -0.3 is 10.5 Å². The molecule has 1 rings (SSSR count). The first kappa shape index (κ1) is 13.7. The lowest BCUT2D eigenvalue weighted by molar-refractivity contribution is -0.118. The van der Waals surface area contributed by atoms with E-state index in [1.54, 1.807) is 0 Å². The molecule has 0 fully saturated rings. The van der Waals surface area contributed by atoms with Gasteiger partial charge in [-0.1, -0.05) is 37.3 Å². The summed E-state index contributed by atoms with van der Waals surface area (Å²) in [5.41, 5.74) is 6.29. The van der Waals surface area contributed by atoms with E-state index in [1.165, 1.54) is 5.56 Å². The first-order chi connectivity index (χ1) is 8.09. The third-order valence-corrected chi connectivity index (χ3v) is 3.00. The largest absolute Gasteiger partial charge is 0.374 e. The first-order valence-corrected chi connectivity index (χ1v) is 6.03. The van der Waals surface area contributed by atoms with Gasteiger partial charge in [-0.25, -0.2) is 0 Å². The number of benzene rings is 1. The summed E-state index contributed by atoms with van der Waals surface area (Å²) in [7, 11) is 0. The van der Waals surface area contributed by atoms with E-state index in [1.807, 2.05) is 37.3 Å². The molecule has 0 heterocycles. The van der Waals surface area contributed by atoms with E-state index in [-0.39, 0.29) is 12.0 Å². The van der Waals surface area contributed by atoms with Crippen LogP contribution >= 0.6 is 0 Å². The fraction of sp³-hybridized carbons (Fsp3) is 0.500. The molecule has 0 aliphatic rings. The van der Waals surface area contributed by atoms with Gasteiger partial charge in [-0.15, -0.1) is 0 Å². The zero-order valence-electron chi connectivity index (χ0n) is 10.6. The smallest absolute Gasteiger partial charge is 0.217 e. The standard InChI is InChI=1S/C14H21NO2/c1-11(8-9-14(15)16)12(2)17-10-13-6-4-3-5-7-13/h3-7,11-12H,8-10H2,1-2H3,(H2,15,16)/t11-,12+/m0/s1. The minimum Gasteiger partial charge on any atom is -0.374 e. The van der Waals surface area contributed by atoms with Crippen molar-refractivity contribution in [1.29, 1.82) is 0 Å². The highest BCUT2D eigenvalue weighted by Gasteiger charge is 2.13. The minimum atomic E-state index is -0.243. The molecule has 3 heteroatoms. The molecule has 0 aliphatic heterocycles. The van der Waals surface area contributed by atoms with E-state index in [4.69, 9.17) is 10.5 Å². The second-order valence-corrected chi connectivity index (χ2v) is 4.48. The summed E-state index contributed by atoms with van der Waals surface area (Å²) in [6.45, 7) is 4.73. The van der Waals surface area contributed by atoms with Crippen LogP contribution in [0.5, 0.6) is 0 Å². The molecule has 0 unspecified atom stereocenters. The van der Waals surface area contributed by atoms with Crippen LogP contribution < -0.4 is 5.73 Å². The van der Waals surface area contributed by atoms with E-state index in [0.717, 1.165) is 6.42 Å². The molecule has 0 saturated heterocycles. The van der Waals surface area contributed by atoms with E-state index >= 15 is 0 Å². The van der Waals surface area contributed by atoms with Crippen molar-refractivity contribution >= 4 is 5.91 Å². The van der Waals surface area contributed by atoms with Crippen molar-refractivity contribution in [2.45, 2.75) is 39.4 Å². The van der Waals surface area contributed by atoms with E-state index in [0.29, 0.717) is 18.9 Å². The minimum absolute atomic E-state index is 0.134. The number of carbonyl (C=O) groups is 1. The molecule has 1 amide bonds. The van der Waals surface area contributed by atoms with Crippen LogP contribution in [0.4, 0.5) is 0 Å². The third-order valence-electron chi connectivity index (χ3n) is 3.00. The van der Waals surface area contributed by atoms with Crippen LogP contribution in [0.15, 0.2) is 30.3 Å². The lowest BCUT2D eigenvalue weighted by Crippen LogP contribution is -2.20. The monoisotopic (exact) mass is 235 g/mol. The number of rotatable bonds is 7. The number of hydrogen-bond acceptors (Lipinski definition) is 2. The van der Waals surface area contributed by atoms with Gasteiger partial charge in [-0.3, -0.25) is 4.79 Å². The van der Waals surface area contributed by atoms with Gasteiger partial charge in [0.15, 0.2) is 0 Å². The second-order valence-electron chi connectivity index (χ2n) is 4.48. The number of amides is 1. The van der Waals surface area contributed by atoms with Gasteiger partial charge in [-0.2, -0.15) is 0 Å². The SMILES string of the molecule is C[C@@H](CCC(N)=O)[C@@H](C)OCc1ccccc1. The fourth-order valence-corrected chi connectivity index (χ4v) is 1.57. The highest BCUT2D eigenvalue weighted by molar-refractivity contribution is 5.73. The van der Waals surface area contributed by atoms with E-state index in [9.17, 15) is 4.79 Å². The summed E-state index contributed by atoms with van der Waals surface area (Å²) in [6, 6.07) is 10.1. The summed E-state index contributed by atoms with van der Waals surface area (Å²) in [5, 5.41) is 0. The number of primary amides is 1. The average Bonchev–Trinajstić information content (AvgIpc) is 2.34. The molecule has 2 N–H and O–H groups in total. The normalized spacial score (nSPS) is 14.2. The maximum Gasteiger partial charge on any atom is 0.217 e. The molecular weight excluding hydrogens is 214 g/mol. The van der Waals surface area contributed by atoms with Crippen LogP contribution in [0, 0.1) is 5.92 Å². The Morgan fingerprint density at radius 1 is 1.29 bits per heavy atom. The van der Waals surface area contributed by atoms with Gasteiger partial charge >= 0.3 is 0 Å². The maximum atomic E-state index is 10.7. The van der Waals surface area contributed by atoms with E-state index in [2.05, 4.69) is 6.92 Å². The number of nitrogens with two attached hydrogens (primary N) is 1.